The van der Waals surface area contributed by atoms with Gasteiger partial charge in [-0.25, -0.2) is 0 Å². The molecule has 1 unspecified atom stereocenters. The van der Waals surface area contributed by atoms with Crippen molar-refractivity contribution >= 4 is 0 Å². The Morgan fingerprint density at radius 2 is 2.50 bits per heavy atom. The Hall–Kier alpha value is -0.160. The maximum atomic E-state index is 8.68. The van der Waals surface area contributed by atoms with E-state index in [1.807, 2.05) is 5.06 Å². The Kier molecular flexibility index (Phi) is 4.53. The molecular weight excluding hydrogens is 156 g/mol. The van der Waals surface area contributed by atoms with Gasteiger partial charge >= 0.3 is 0 Å². The van der Waals surface area contributed by atoms with Crippen LogP contribution in [0.1, 0.15) is 12.8 Å². The molecule has 1 atom stereocenters. The average Bonchev–Trinajstić information content (AvgIpc) is 2.15. The molecule has 0 bridgehead atoms. The molecule has 4 nitrogen and oxygen atoms in total. The largest absolute Gasteiger partial charge is 0.396 e. The van der Waals surface area contributed by atoms with Crippen molar-refractivity contribution in [2.24, 2.45) is 0 Å². The third-order valence-corrected chi connectivity index (χ3v) is 2.23. The highest BCUT2D eigenvalue weighted by Crippen LogP contribution is 2.08. The lowest BCUT2D eigenvalue weighted by molar-refractivity contribution is -0.171. The van der Waals surface area contributed by atoms with E-state index in [0.717, 1.165) is 32.5 Å². The lowest BCUT2D eigenvalue weighted by atomic mass is 10.1. The fraction of sp³-hybridized carbons (Fsp3) is 1.00. The van der Waals surface area contributed by atoms with E-state index in [2.05, 4.69) is 5.32 Å². The van der Waals surface area contributed by atoms with Crippen LogP contribution in [0.15, 0.2) is 0 Å². The summed E-state index contributed by atoms with van der Waals surface area (Å²) in [6, 6.07) is 0.427. The van der Waals surface area contributed by atoms with Crippen molar-refractivity contribution in [1.29, 1.82) is 0 Å². The molecule has 0 spiro atoms. The molecule has 0 aromatic heterocycles. The van der Waals surface area contributed by atoms with Crippen LogP contribution in [0.3, 0.4) is 0 Å². The Balaban J connectivity index is 2.26. The Bertz CT molecular complexity index is 122. The van der Waals surface area contributed by atoms with Gasteiger partial charge in [-0.3, -0.25) is 0 Å². The molecule has 0 aliphatic carbocycles. The van der Waals surface area contributed by atoms with E-state index in [1.165, 1.54) is 0 Å². The van der Waals surface area contributed by atoms with E-state index in [0.29, 0.717) is 6.04 Å². The van der Waals surface area contributed by atoms with E-state index in [-0.39, 0.29) is 6.61 Å². The summed E-state index contributed by atoms with van der Waals surface area (Å²) in [7, 11) is 1.71. The van der Waals surface area contributed by atoms with E-state index >= 15 is 0 Å². The number of aliphatic hydroxyl groups excluding tert-OH is 1. The van der Waals surface area contributed by atoms with Crippen molar-refractivity contribution in [2.45, 2.75) is 18.9 Å². The summed E-state index contributed by atoms with van der Waals surface area (Å²) in [6.07, 6.45) is 1.85. The smallest absolute Gasteiger partial charge is 0.0575 e. The van der Waals surface area contributed by atoms with Gasteiger partial charge in [0.1, 0.15) is 0 Å². The topological polar surface area (TPSA) is 44.7 Å². The molecule has 0 radical (unpaired) electrons. The van der Waals surface area contributed by atoms with Gasteiger partial charge in [-0.1, -0.05) is 0 Å². The predicted octanol–water partition coefficient (Wildman–Crippen LogP) is -0.406. The highest BCUT2D eigenvalue weighted by molar-refractivity contribution is 4.74. The van der Waals surface area contributed by atoms with Crippen LogP contribution in [0.25, 0.3) is 0 Å². The minimum Gasteiger partial charge on any atom is -0.396 e. The first-order chi connectivity index (χ1) is 5.88. The molecule has 0 aromatic rings. The molecule has 0 aromatic carbocycles. The van der Waals surface area contributed by atoms with E-state index < -0.39 is 0 Å². The Morgan fingerprint density at radius 3 is 3.17 bits per heavy atom. The molecule has 1 heterocycles. The van der Waals surface area contributed by atoms with Gasteiger partial charge in [0, 0.05) is 32.3 Å². The quantitative estimate of drug-likeness (QED) is 0.608. The van der Waals surface area contributed by atoms with Gasteiger partial charge in [0.2, 0.25) is 0 Å². The number of hydrogen-bond donors (Lipinski definition) is 2. The van der Waals surface area contributed by atoms with Crippen molar-refractivity contribution < 1.29 is 9.94 Å². The number of hydroxylamine groups is 2. The fourth-order valence-corrected chi connectivity index (χ4v) is 1.56. The van der Waals surface area contributed by atoms with Gasteiger partial charge in [0.05, 0.1) is 7.11 Å². The minimum atomic E-state index is 0.272. The third-order valence-electron chi connectivity index (χ3n) is 2.23. The van der Waals surface area contributed by atoms with Crippen LogP contribution < -0.4 is 5.32 Å². The SMILES string of the molecule is CON1CCNCC1CCCO. The first-order valence-corrected chi connectivity index (χ1v) is 4.51. The highest BCUT2D eigenvalue weighted by atomic mass is 16.7. The number of hydrogen-bond acceptors (Lipinski definition) is 4. The van der Waals surface area contributed by atoms with Crippen LogP contribution in [0, 0.1) is 0 Å². The first-order valence-electron chi connectivity index (χ1n) is 4.51. The van der Waals surface area contributed by atoms with Gasteiger partial charge in [-0.15, -0.1) is 0 Å². The molecule has 0 amide bonds. The van der Waals surface area contributed by atoms with E-state index in [9.17, 15) is 0 Å². The lowest BCUT2D eigenvalue weighted by Crippen LogP contribution is -2.50. The van der Waals surface area contributed by atoms with Crippen molar-refractivity contribution in [3.05, 3.63) is 0 Å². The van der Waals surface area contributed by atoms with Crippen molar-refractivity contribution in [1.82, 2.24) is 10.4 Å². The van der Waals surface area contributed by atoms with Crippen molar-refractivity contribution in [3.63, 3.8) is 0 Å². The molecule has 0 saturated carbocycles. The molecule has 1 fully saturated rings. The lowest BCUT2D eigenvalue weighted by Gasteiger charge is -2.33. The summed E-state index contributed by atoms with van der Waals surface area (Å²) in [5, 5.41) is 14.0. The molecule has 1 rings (SSSR count). The maximum Gasteiger partial charge on any atom is 0.0575 e. The summed E-state index contributed by atoms with van der Waals surface area (Å²) >= 11 is 0. The zero-order valence-corrected chi connectivity index (χ0v) is 7.62. The highest BCUT2D eigenvalue weighted by Gasteiger charge is 2.20. The minimum absolute atomic E-state index is 0.272. The number of nitrogens with zero attached hydrogens (tertiary/aromatic N) is 1. The number of rotatable bonds is 4. The molecule has 1 aliphatic rings. The predicted molar refractivity (Wildman–Crippen MR) is 46.7 cm³/mol. The van der Waals surface area contributed by atoms with Gasteiger partial charge in [-0.2, -0.15) is 5.06 Å². The second-order valence-electron chi connectivity index (χ2n) is 3.05. The normalized spacial score (nSPS) is 26.0. The molecule has 72 valence electrons. The van der Waals surface area contributed by atoms with Gasteiger partial charge < -0.3 is 15.3 Å². The average molecular weight is 174 g/mol. The number of piperazine rings is 1. The molecule has 1 saturated heterocycles. The summed E-state index contributed by atoms with van der Waals surface area (Å²) in [5.74, 6) is 0. The van der Waals surface area contributed by atoms with Gasteiger partial charge in [0.25, 0.3) is 0 Å². The summed E-state index contributed by atoms with van der Waals surface area (Å²) in [6.45, 7) is 3.16. The fourth-order valence-electron chi connectivity index (χ4n) is 1.56. The van der Waals surface area contributed by atoms with E-state index in [1.54, 1.807) is 7.11 Å². The molecule has 12 heavy (non-hydrogen) atoms. The maximum absolute atomic E-state index is 8.68. The third kappa shape index (κ3) is 2.71. The monoisotopic (exact) mass is 174 g/mol. The standard InChI is InChI=1S/C8H18N2O2/c1-12-10-5-4-9-7-8(10)3-2-6-11/h8-9,11H,2-7H2,1H3. The second-order valence-corrected chi connectivity index (χ2v) is 3.05. The molecule has 2 N–H and O–H groups in total. The van der Waals surface area contributed by atoms with Crippen LogP contribution in [-0.2, 0) is 4.84 Å². The Labute approximate surface area is 73.5 Å². The second kappa shape index (κ2) is 5.48. The summed E-state index contributed by atoms with van der Waals surface area (Å²) < 4.78 is 0. The number of aliphatic hydroxyl groups is 1. The van der Waals surface area contributed by atoms with Crippen LogP contribution in [0.4, 0.5) is 0 Å². The summed E-state index contributed by atoms with van der Waals surface area (Å²) in [5.41, 5.74) is 0. The summed E-state index contributed by atoms with van der Waals surface area (Å²) in [4.78, 5) is 5.21. The first kappa shape index (κ1) is 9.92. The number of nitrogens with one attached hydrogen (secondary N) is 1. The molecular formula is C8H18N2O2. The van der Waals surface area contributed by atoms with Crippen LogP contribution in [0.2, 0.25) is 0 Å². The molecule has 4 heteroatoms. The zero-order chi connectivity index (χ0) is 8.81. The Morgan fingerprint density at radius 1 is 1.67 bits per heavy atom. The van der Waals surface area contributed by atoms with Gasteiger partial charge in [0.15, 0.2) is 0 Å². The van der Waals surface area contributed by atoms with Crippen molar-refractivity contribution in [3.8, 4) is 0 Å². The van der Waals surface area contributed by atoms with E-state index in [4.69, 9.17) is 9.94 Å². The van der Waals surface area contributed by atoms with Crippen LogP contribution in [-0.4, -0.2) is 49.6 Å². The van der Waals surface area contributed by atoms with Gasteiger partial charge in [-0.05, 0) is 12.8 Å². The zero-order valence-electron chi connectivity index (χ0n) is 7.62. The van der Waals surface area contributed by atoms with Crippen LogP contribution >= 0.6 is 0 Å². The molecule has 1 aliphatic heterocycles. The van der Waals surface area contributed by atoms with Crippen LogP contribution in [0.5, 0.6) is 0 Å². The van der Waals surface area contributed by atoms with Crippen molar-refractivity contribution in [2.75, 3.05) is 33.4 Å².